The van der Waals surface area contributed by atoms with Gasteiger partial charge in [-0.25, -0.2) is 8.78 Å². The Morgan fingerprint density at radius 1 is 1.08 bits per heavy atom. The Kier molecular flexibility index (Phi) is 8.84. The maximum Gasteiger partial charge on any atom is 0.217 e. The van der Waals surface area contributed by atoms with E-state index in [4.69, 9.17) is 0 Å². The quantitative estimate of drug-likeness (QED) is 0.311. The number of aliphatic hydroxyl groups is 1. The Balaban J connectivity index is 1.54. The summed E-state index contributed by atoms with van der Waals surface area (Å²) in [6.07, 6.45) is 4.98. The summed E-state index contributed by atoms with van der Waals surface area (Å²) in [5.74, 6) is -1.72. The van der Waals surface area contributed by atoms with E-state index >= 15 is 0 Å². The van der Waals surface area contributed by atoms with Gasteiger partial charge in [-0.05, 0) is 66.3 Å². The monoisotopic (exact) mass is 526 g/mol. The number of benzene rings is 2. The maximum absolute atomic E-state index is 13.7. The molecule has 2 aromatic carbocycles. The molecule has 3 N–H and O–H groups in total. The lowest BCUT2D eigenvalue weighted by Crippen LogP contribution is -2.53. The highest BCUT2D eigenvalue weighted by atomic mass is 32.1. The number of hydrogen-bond donors (Lipinski definition) is 3. The average molecular weight is 527 g/mol. The van der Waals surface area contributed by atoms with E-state index in [9.17, 15) is 23.5 Å². The first-order valence-electron chi connectivity index (χ1n) is 12.6. The van der Waals surface area contributed by atoms with Gasteiger partial charge in [0.1, 0.15) is 11.6 Å². The molecule has 1 saturated carbocycles. The Labute approximate surface area is 219 Å². The molecule has 1 heterocycles. The minimum atomic E-state index is -0.982. The first-order valence-corrected chi connectivity index (χ1v) is 13.4. The second-order valence-electron chi connectivity index (χ2n) is 9.78. The molecule has 0 radical (unpaired) electrons. The predicted molar refractivity (Wildman–Crippen MR) is 142 cm³/mol. The van der Waals surface area contributed by atoms with E-state index in [2.05, 4.69) is 22.8 Å². The summed E-state index contributed by atoms with van der Waals surface area (Å²) in [7, 11) is 0. The standard InChI is InChI=1S/C29H32F2N2O3S/c1-19(35)33-26(14-20-12-23(30)16-24(31)13-20)27(36)17-32-29(10-3-2-4-11-29)22-7-5-6-21(15-22)28-9-8-25(18-34)37-28/h5-9,12-13,15-16,18,26-27,32,36H,2-4,10-11,14,17H2,1H3,(H,33,35). The van der Waals surface area contributed by atoms with Crippen molar-refractivity contribution in [3.8, 4) is 10.4 Å². The van der Waals surface area contributed by atoms with Crippen LogP contribution in [0, 0.1) is 11.6 Å². The predicted octanol–water partition coefficient (Wildman–Crippen LogP) is 5.36. The van der Waals surface area contributed by atoms with E-state index in [1.165, 1.54) is 30.4 Å². The van der Waals surface area contributed by atoms with Gasteiger partial charge in [0.15, 0.2) is 6.29 Å². The van der Waals surface area contributed by atoms with Gasteiger partial charge in [-0.2, -0.15) is 0 Å². The van der Waals surface area contributed by atoms with Crippen molar-refractivity contribution in [1.29, 1.82) is 0 Å². The van der Waals surface area contributed by atoms with Gasteiger partial charge in [0, 0.05) is 30.0 Å². The van der Waals surface area contributed by atoms with Crippen molar-refractivity contribution in [2.45, 2.75) is 63.1 Å². The summed E-state index contributed by atoms with van der Waals surface area (Å²) < 4.78 is 27.5. The second kappa shape index (κ2) is 12.1. The number of halogens is 2. The zero-order valence-electron chi connectivity index (χ0n) is 20.8. The lowest BCUT2D eigenvalue weighted by atomic mass is 9.76. The zero-order chi connectivity index (χ0) is 26.4. The molecule has 8 heteroatoms. The normalized spacial score (nSPS) is 16.6. The topological polar surface area (TPSA) is 78.4 Å². The van der Waals surface area contributed by atoms with Crippen molar-refractivity contribution in [2.75, 3.05) is 6.54 Å². The fraction of sp³-hybridized carbons (Fsp3) is 0.379. The highest BCUT2D eigenvalue weighted by Gasteiger charge is 2.35. The number of aldehydes is 1. The molecule has 196 valence electrons. The average Bonchev–Trinajstić information content (AvgIpc) is 3.36. The van der Waals surface area contributed by atoms with Crippen LogP contribution < -0.4 is 10.6 Å². The second-order valence-corrected chi connectivity index (χ2v) is 10.9. The molecule has 4 rings (SSSR count). The van der Waals surface area contributed by atoms with Gasteiger partial charge >= 0.3 is 0 Å². The van der Waals surface area contributed by atoms with Crippen molar-refractivity contribution in [1.82, 2.24) is 10.6 Å². The van der Waals surface area contributed by atoms with Crippen LogP contribution in [0.25, 0.3) is 10.4 Å². The number of carbonyl (C=O) groups excluding carboxylic acids is 2. The van der Waals surface area contributed by atoms with E-state index in [1.54, 1.807) is 0 Å². The number of thiophene rings is 1. The number of rotatable bonds is 10. The largest absolute Gasteiger partial charge is 0.390 e. The van der Waals surface area contributed by atoms with Crippen LogP contribution in [0.5, 0.6) is 0 Å². The molecular formula is C29H32F2N2O3S. The first-order chi connectivity index (χ1) is 17.8. The molecule has 1 aliphatic rings. The molecule has 1 fully saturated rings. The molecule has 3 aromatic rings. The van der Waals surface area contributed by atoms with E-state index < -0.39 is 23.8 Å². The van der Waals surface area contributed by atoms with Crippen LogP contribution in [0.3, 0.4) is 0 Å². The highest BCUT2D eigenvalue weighted by Crippen LogP contribution is 2.39. The van der Waals surface area contributed by atoms with Crippen LogP contribution in [0.4, 0.5) is 8.78 Å². The lowest BCUT2D eigenvalue weighted by molar-refractivity contribution is -0.120. The van der Waals surface area contributed by atoms with E-state index in [-0.39, 0.29) is 24.4 Å². The molecule has 1 amide bonds. The number of nitrogens with one attached hydrogen (secondary N) is 2. The summed E-state index contributed by atoms with van der Waals surface area (Å²) in [5.41, 5.74) is 2.15. The van der Waals surface area contributed by atoms with Gasteiger partial charge in [0.05, 0.1) is 17.0 Å². The van der Waals surface area contributed by atoms with Gasteiger partial charge in [0.2, 0.25) is 5.91 Å². The molecule has 1 aliphatic carbocycles. The Hall–Kier alpha value is -2.94. The summed E-state index contributed by atoms with van der Waals surface area (Å²) in [4.78, 5) is 24.7. The number of aliphatic hydroxyl groups excluding tert-OH is 1. The maximum atomic E-state index is 13.7. The van der Waals surface area contributed by atoms with Crippen molar-refractivity contribution in [2.24, 2.45) is 0 Å². The summed E-state index contributed by atoms with van der Waals surface area (Å²) in [6, 6.07) is 14.5. The van der Waals surface area contributed by atoms with Crippen molar-refractivity contribution in [3.63, 3.8) is 0 Å². The van der Waals surface area contributed by atoms with Crippen LogP contribution in [-0.4, -0.2) is 36.0 Å². The third-order valence-corrected chi connectivity index (χ3v) is 8.09. The van der Waals surface area contributed by atoms with Crippen molar-refractivity contribution >= 4 is 23.5 Å². The van der Waals surface area contributed by atoms with E-state index in [1.807, 2.05) is 24.3 Å². The number of amides is 1. The minimum Gasteiger partial charge on any atom is -0.390 e. The van der Waals surface area contributed by atoms with Gasteiger partial charge in [-0.15, -0.1) is 11.3 Å². The van der Waals surface area contributed by atoms with Crippen LogP contribution in [0.2, 0.25) is 0 Å². The summed E-state index contributed by atoms with van der Waals surface area (Å²) in [5, 5.41) is 17.5. The van der Waals surface area contributed by atoms with Crippen LogP contribution >= 0.6 is 11.3 Å². The van der Waals surface area contributed by atoms with Crippen LogP contribution in [0.1, 0.15) is 59.8 Å². The summed E-state index contributed by atoms with van der Waals surface area (Å²) in [6.45, 7) is 1.55. The third kappa shape index (κ3) is 6.89. The fourth-order valence-corrected chi connectivity index (χ4v) is 6.05. The molecule has 0 aliphatic heterocycles. The zero-order valence-corrected chi connectivity index (χ0v) is 21.6. The van der Waals surface area contributed by atoms with Gasteiger partial charge in [-0.3, -0.25) is 9.59 Å². The Morgan fingerprint density at radius 3 is 2.46 bits per heavy atom. The van der Waals surface area contributed by atoms with E-state index in [0.717, 1.165) is 60.5 Å². The molecular weight excluding hydrogens is 494 g/mol. The van der Waals surface area contributed by atoms with Gasteiger partial charge < -0.3 is 15.7 Å². The Bertz CT molecular complexity index is 1220. The molecule has 2 unspecified atom stereocenters. The molecule has 5 nitrogen and oxygen atoms in total. The molecule has 1 aromatic heterocycles. The van der Waals surface area contributed by atoms with Crippen molar-refractivity contribution in [3.05, 3.63) is 82.2 Å². The molecule has 0 bridgehead atoms. The van der Waals surface area contributed by atoms with Gasteiger partial charge in [0.25, 0.3) is 0 Å². The summed E-state index contributed by atoms with van der Waals surface area (Å²) >= 11 is 1.45. The lowest BCUT2D eigenvalue weighted by Gasteiger charge is -2.40. The molecule has 2 atom stereocenters. The Morgan fingerprint density at radius 2 is 1.81 bits per heavy atom. The first kappa shape index (κ1) is 27.1. The van der Waals surface area contributed by atoms with Crippen molar-refractivity contribution < 1.29 is 23.5 Å². The molecule has 0 spiro atoms. The van der Waals surface area contributed by atoms with Crippen LogP contribution in [-0.2, 0) is 16.8 Å². The van der Waals surface area contributed by atoms with Gasteiger partial charge in [-0.1, -0.05) is 37.5 Å². The number of carbonyl (C=O) groups is 2. The SMILES string of the molecule is CC(=O)NC(Cc1cc(F)cc(F)c1)C(O)CNC1(c2cccc(-c3ccc(C=O)s3)c2)CCCCC1. The highest BCUT2D eigenvalue weighted by molar-refractivity contribution is 7.17. The smallest absolute Gasteiger partial charge is 0.217 e. The molecule has 37 heavy (non-hydrogen) atoms. The minimum absolute atomic E-state index is 0.0943. The van der Waals surface area contributed by atoms with E-state index in [0.29, 0.717) is 10.4 Å². The fourth-order valence-electron chi connectivity index (χ4n) is 5.23. The molecule has 0 saturated heterocycles. The third-order valence-electron chi connectivity index (χ3n) is 7.03. The van der Waals surface area contributed by atoms with Crippen LogP contribution in [0.15, 0.2) is 54.6 Å². The number of hydrogen-bond acceptors (Lipinski definition) is 5.